The summed E-state index contributed by atoms with van der Waals surface area (Å²) in [6, 6.07) is 17.0. The Labute approximate surface area is 271 Å². The van der Waals surface area contributed by atoms with Crippen molar-refractivity contribution in [2.75, 3.05) is 56.8 Å². The van der Waals surface area contributed by atoms with E-state index in [2.05, 4.69) is 109 Å². The highest BCUT2D eigenvalue weighted by atomic mass is 33.1. The van der Waals surface area contributed by atoms with Crippen LogP contribution in [0.4, 0.5) is 5.69 Å². The summed E-state index contributed by atoms with van der Waals surface area (Å²) >= 11 is 0. The summed E-state index contributed by atoms with van der Waals surface area (Å²) in [5.74, 6) is 2.19. The summed E-state index contributed by atoms with van der Waals surface area (Å²) in [6.07, 6.45) is 23.3. The van der Waals surface area contributed by atoms with Crippen LogP contribution >= 0.6 is 21.6 Å². The van der Waals surface area contributed by atoms with Crippen LogP contribution in [0.5, 0.6) is 0 Å². The molecule has 0 saturated carbocycles. The number of allylic oxidation sites excluding steroid dienone is 5. The molecule has 232 valence electrons. The quantitative estimate of drug-likeness (QED) is 0.117. The van der Waals surface area contributed by atoms with Crippen molar-refractivity contribution in [2.45, 2.75) is 25.9 Å². The molecular weight excluding hydrogens is 585 g/mol. The van der Waals surface area contributed by atoms with Gasteiger partial charge in [0.05, 0.1) is 0 Å². The predicted octanol–water partition coefficient (Wildman–Crippen LogP) is 5.48. The van der Waals surface area contributed by atoms with Crippen molar-refractivity contribution in [2.24, 2.45) is 0 Å². The van der Waals surface area contributed by atoms with E-state index in [9.17, 15) is 0 Å². The van der Waals surface area contributed by atoms with E-state index in [1.807, 2.05) is 55.5 Å². The zero-order chi connectivity index (χ0) is 31.0. The van der Waals surface area contributed by atoms with Gasteiger partial charge in [0.15, 0.2) is 37.9 Å². The number of hydrogen-bond donors (Lipinski definition) is 2. The molecule has 8 heteroatoms. The Kier molecular flexibility index (Phi) is 14.1. The van der Waals surface area contributed by atoms with Gasteiger partial charge in [-0.05, 0) is 53.3 Å². The van der Waals surface area contributed by atoms with E-state index < -0.39 is 0 Å². The Morgan fingerprint density at radius 1 is 0.636 bits per heavy atom. The second kappa shape index (κ2) is 18.5. The fourth-order valence-corrected chi connectivity index (χ4v) is 6.85. The van der Waals surface area contributed by atoms with Crippen molar-refractivity contribution in [3.63, 3.8) is 0 Å². The van der Waals surface area contributed by atoms with Crippen LogP contribution in [0.1, 0.15) is 29.5 Å². The molecule has 2 heterocycles. The Hall–Kier alpha value is -3.30. The van der Waals surface area contributed by atoms with Crippen LogP contribution in [-0.2, 0) is 13.1 Å². The monoisotopic (exact) mass is 630 g/mol. The van der Waals surface area contributed by atoms with Gasteiger partial charge in [0.1, 0.15) is 13.2 Å². The Bertz CT molecular complexity index is 1400. The largest absolute Gasteiger partial charge is 0.390 e. The van der Waals surface area contributed by atoms with Crippen molar-refractivity contribution >= 4 is 45.5 Å². The molecule has 1 aliphatic carbocycles. The molecule has 6 nitrogen and oxygen atoms in total. The van der Waals surface area contributed by atoms with E-state index in [1.165, 1.54) is 28.1 Å². The second-order valence-corrected chi connectivity index (χ2v) is 13.5. The smallest absolute Gasteiger partial charge is 0.171 e. The molecule has 2 aromatic heterocycles. The zero-order valence-corrected chi connectivity index (χ0v) is 27.6. The molecule has 0 saturated heterocycles. The van der Waals surface area contributed by atoms with Crippen LogP contribution in [0.25, 0.3) is 18.2 Å². The number of benzene rings is 1. The summed E-state index contributed by atoms with van der Waals surface area (Å²) in [5, 5.41) is 18.1. The minimum Gasteiger partial charge on any atom is -0.390 e. The number of pyridine rings is 2. The number of nitrogens with zero attached hydrogens (tertiary/aromatic N) is 4. The third-order valence-electron chi connectivity index (χ3n) is 7.60. The number of rotatable bonds is 17. The molecule has 0 unspecified atom stereocenters. The maximum atomic E-state index is 9.05. The van der Waals surface area contributed by atoms with E-state index in [1.54, 1.807) is 0 Å². The molecule has 0 bridgehead atoms. The number of aliphatic hydroxyl groups excluding tert-OH is 2. The lowest BCUT2D eigenvalue weighted by molar-refractivity contribution is -0.698. The molecule has 0 atom stereocenters. The summed E-state index contributed by atoms with van der Waals surface area (Å²) < 4.78 is 3.96. The van der Waals surface area contributed by atoms with E-state index in [4.69, 9.17) is 10.2 Å². The molecule has 2 N–H and O–H groups in total. The highest BCUT2D eigenvalue weighted by Gasteiger charge is 2.09. The maximum Gasteiger partial charge on any atom is 0.171 e. The normalized spacial score (nSPS) is 13.4. The highest BCUT2D eigenvalue weighted by molar-refractivity contribution is 8.76. The van der Waals surface area contributed by atoms with Gasteiger partial charge in [-0.15, -0.1) is 0 Å². The second-order valence-electron chi connectivity index (χ2n) is 10.8. The molecule has 4 rings (SSSR count). The lowest BCUT2D eigenvalue weighted by Crippen LogP contribution is -2.34. The van der Waals surface area contributed by atoms with Crippen molar-refractivity contribution < 1.29 is 19.3 Å². The van der Waals surface area contributed by atoms with E-state index in [-0.39, 0.29) is 13.2 Å². The Morgan fingerprint density at radius 3 is 1.64 bits per heavy atom. The number of aliphatic hydroxyl groups is 2. The minimum absolute atomic E-state index is 0.151. The van der Waals surface area contributed by atoms with Crippen LogP contribution in [-0.4, -0.2) is 67.0 Å². The van der Waals surface area contributed by atoms with Gasteiger partial charge in [-0.25, -0.2) is 9.13 Å². The molecular formula is C36H46N4O2S2+2. The van der Waals surface area contributed by atoms with E-state index >= 15 is 0 Å². The third-order valence-corrected chi connectivity index (χ3v) is 9.96. The van der Waals surface area contributed by atoms with Gasteiger partial charge in [-0.1, -0.05) is 64.1 Å². The number of aromatic nitrogens is 2. The molecule has 0 amide bonds. The minimum atomic E-state index is 0.151. The van der Waals surface area contributed by atoms with Gasteiger partial charge in [0, 0.05) is 74.3 Å². The van der Waals surface area contributed by atoms with Crippen LogP contribution in [0.15, 0.2) is 103 Å². The van der Waals surface area contributed by atoms with Crippen LogP contribution in [0, 0.1) is 0 Å². The average molecular weight is 631 g/mol. The van der Waals surface area contributed by atoms with Gasteiger partial charge in [-0.2, -0.15) is 0 Å². The van der Waals surface area contributed by atoms with Crippen molar-refractivity contribution in [3.05, 3.63) is 120 Å². The highest BCUT2D eigenvalue weighted by Crippen LogP contribution is 2.25. The van der Waals surface area contributed by atoms with Crippen molar-refractivity contribution in [3.8, 4) is 0 Å². The van der Waals surface area contributed by atoms with Gasteiger partial charge in [0.25, 0.3) is 0 Å². The predicted molar refractivity (Wildman–Crippen MR) is 188 cm³/mol. The topological polar surface area (TPSA) is 54.7 Å². The Balaban J connectivity index is 1.11. The first-order valence-electron chi connectivity index (χ1n) is 15.3. The van der Waals surface area contributed by atoms with Crippen LogP contribution in [0.3, 0.4) is 0 Å². The molecule has 0 spiro atoms. The van der Waals surface area contributed by atoms with Crippen LogP contribution in [0.2, 0.25) is 0 Å². The fourth-order valence-electron chi connectivity index (χ4n) is 4.76. The first-order valence-corrected chi connectivity index (χ1v) is 17.8. The average Bonchev–Trinajstić information content (AvgIpc) is 3.06. The van der Waals surface area contributed by atoms with Gasteiger partial charge in [-0.3, -0.25) is 0 Å². The van der Waals surface area contributed by atoms with Gasteiger partial charge < -0.3 is 20.0 Å². The molecule has 0 fully saturated rings. The number of anilines is 1. The maximum absolute atomic E-state index is 9.05. The SMILES string of the molecule is CN(CCSSCCN(C)c1ccc(/C=C/c2cc[n+](CCO)cc2)cc1)C1=CC=C(/C=C/c2cc[n+](CCO)cc2)CC1. The summed E-state index contributed by atoms with van der Waals surface area (Å²) in [4.78, 5) is 4.72. The molecule has 1 aliphatic rings. The first-order chi connectivity index (χ1) is 21.5. The standard InChI is InChI=1S/C36H46N4O2S2/c1-37(35-11-7-31(8-12-35)3-5-33-15-19-39(20-16-33)23-27-41)25-29-43-44-30-26-38(2)36-13-9-32(10-14-36)4-6-34-17-21-40(22-18-34)24-28-42/h3-9,11-13,15-22,41-42H,10,14,23-30H2,1-2H3/q+2. The van der Waals surface area contributed by atoms with Crippen molar-refractivity contribution in [1.29, 1.82) is 0 Å². The molecule has 44 heavy (non-hydrogen) atoms. The lowest BCUT2D eigenvalue weighted by atomic mass is 10.0. The fraction of sp³-hybridized carbons (Fsp3) is 0.333. The third kappa shape index (κ3) is 11.3. The van der Waals surface area contributed by atoms with Gasteiger partial charge >= 0.3 is 0 Å². The molecule has 1 aromatic carbocycles. The molecule has 3 aromatic rings. The zero-order valence-electron chi connectivity index (χ0n) is 26.0. The molecule has 0 aliphatic heterocycles. The summed E-state index contributed by atoms with van der Waals surface area (Å²) in [6.45, 7) is 3.62. The van der Waals surface area contributed by atoms with Gasteiger partial charge in [0.2, 0.25) is 0 Å². The van der Waals surface area contributed by atoms with E-state index in [0.29, 0.717) is 13.1 Å². The lowest BCUT2D eigenvalue weighted by Gasteiger charge is -2.24. The van der Waals surface area contributed by atoms with Crippen molar-refractivity contribution in [1.82, 2.24) is 4.90 Å². The Morgan fingerprint density at radius 2 is 1.14 bits per heavy atom. The van der Waals surface area contributed by atoms with E-state index in [0.717, 1.165) is 43.0 Å². The summed E-state index contributed by atoms with van der Waals surface area (Å²) in [7, 11) is 8.28. The summed E-state index contributed by atoms with van der Waals surface area (Å²) in [5.41, 5.74) is 7.50. The first kappa shape index (κ1) is 33.6. The number of hydrogen-bond acceptors (Lipinski definition) is 6. The molecule has 0 radical (unpaired) electrons. The van der Waals surface area contributed by atoms with Crippen LogP contribution < -0.4 is 14.0 Å².